The molecule has 0 radical (unpaired) electrons. The fourth-order valence-corrected chi connectivity index (χ4v) is 0.706. The lowest BCUT2D eigenvalue weighted by Crippen LogP contribution is -1.97. The smallest absolute Gasteiger partial charge is 0.313 e. The molecule has 0 aliphatic rings. The molecule has 0 aliphatic heterocycles. The minimum absolute atomic E-state index is 0.290. The zero-order chi connectivity index (χ0) is 4.99. The molecule has 0 fully saturated rings. The molecule has 34 valence electrons. The van der Waals surface area contributed by atoms with Crippen LogP contribution < -0.4 is 0 Å². The van der Waals surface area contributed by atoms with Crippen LogP contribution in [-0.4, -0.2) is 11.9 Å². The molecule has 6 heavy (non-hydrogen) atoms. The van der Waals surface area contributed by atoms with Crippen molar-refractivity contribution in [1.82, 2.24) is 0 Å². The molecule has 0 rings (SSSR count). The maximum Gasteiger partial charge on any atom is 0.313 e. The Balaban J connectivity index is 3.03. The molecule has 0 bridgehead atoms. The average molecular weight is 196 g/mol. The van der Waals surface area contributed by atoms with Gasteiger partial charge >= 0.3 is 6.92 Å². The molecule has 0 spiro atoms. The van der Waals surface area contributed by atoms with Crippen LogP contribution >= 0.6 is 22.6 Å². The van der Waals surface area contributed by atoms with Gasteiger partial charge in [0.15, 0.2) is 0 Å². The van der Waals surface area contributed by atoms with Gasteiger partial charge in [0.05, 0.1) is 0 Å². The minimum Gasteiger partial charge on any atom is -0.447 e. The normalized spacial score (nSPS) is 9.83. The molecule has 0 aromatic heterocycles. The van der Waals surface area contributed by atoms with E-state index in [1.54, 1.807) is 16.9 Å². The van der Waals surface area contributed by atoms with E-state index >= 15 is 0 Å². The molecule has 0 saturated heterocycles. The third-order valence-electron chi connectivity index (χ3n) is 0.351. The average Bonchev–Trinajstić information content (AvgIpc) is 1.35. The van der Waals surface area contributed by atoms with E-state index in [9.17, 15) is 0 Å². The summed E-state index contributed by atoms with van der Waals surface area (Å²) < 4.78 is 1.79. The predicted molar refractivity (Wildman–Crippen MR) is 37.0 cm³/mol. The maximum absolute atomic E-state index is 8.46. The topological polar surface area (TPSA) is 20.2 Å². The van der Waals surface area contributed by atoms with Gasteiger partial charge in [-0.2, -0.15) is 0 Å². The molecular weight excluding hydrogens is 190 g/mol. The fourth-order valence-electron chi connectivity index (χ4n) is 0.105. The SMILES string of the molecule is CB(O)/C=C/I. The van der Waals surface area contributed by atoms with Crippen LogP contribution in [-0.2, 0) is 0 Å². The lowest BCUT2D eigenvalue weighted by molar-refractivity contribution is 0.593. The molecule has 1 nitrogen and oxygen atoms in total. The van der Waals surface area contributed by atoms with Crippen LogP contribution in [0.3, 0.4) is 0 Å². The summed E-state index contributed by atoms with van der Waals surface area (Å²) in [5.74, 6) is 1.71. The van der Waals surface area contributed by atoms with Gasteiger partial charge in [-0.25, -0.2) is 0 Å². The van der Waals surface area contributed by atoms with Crippen molar-refractivity contribution in [3.63, 3.8) is 0 Å². The van der Waals surface area contributed by atoms with Crippen LogP contribution in [0.25, 0.3) is 0 Å². The third kappa shape index (κ3) is 4.49. The largest absolute Gasteiger partial charge is 0.447 e. The number of hydrogen-bond donors (Lipinski definition) is 1. The van der Waals surface area contributed by atoms with E-state index in [0.29, 0.717) is 0 Å². The Kier molecular flexibility index (Phi) is 3.98. The van der Waals surface area contributed by atoms with Gasteiger partial charge in [0.25, 0.3) is 0 Å². The number of halogens is 1. The van der Waals surface area contributed by atoms with Crippen molar-refractivity contribution in [2.24, 2.45) is 0 Å². The minimum atomic E-state index is -0.290. The summed E-state index contributed by atoms with van der Waals surface area (Å²) in [6, 6.07) is 0. The Labute approximate surface area is 51.7 Å². The lowest BCUT2D eigenvalue weighted by Gasteiger charge is -1.79. The Morgan fingerprint density at radius 1 is 1.83 bits per heavy atom. The van der Waals surface area contributed by atoms with Gasteiger partial charge in [0, 0.05) is 0 Å². The van der Waals surface area contributed by atoms with Crippen molar-refractivity contribution in [2.75, 3.05) is 0 Å². The summed E-state index contributed by atoms with van der Waals surface area (Å²) in [5, 5.41) is 8.46. The van der Waals surface area contributed by atoms with E-state index in [0.717, 1.165) is 0 Å². The fraction of sp³-hybridized carbons (Fsp3) is 0.333. The van der Waals surface area contributed by atoms with Crippen molar-refractivity contribution < 1.29 is 5.02 Å². The predicted octanol–water partition coefficient (Wildman–Crippen LogP) is 1.09. The second kappa shape index (κ2) is 3.68. The standard InChI is InChI=1S/C3H6BIO/c1-4(6)2-3-5/h2-3,6H,1H3/b3-2+. The highest BCUT2D eigenvalue weighted by atomic mass is 127. The summed E-state index contributed by atoms with van der Waals surface area (Å²) in [4.78, 5) is 0. The lowest BCUT2D eigenvalue weighted by atomic mass is 9.73. The summed E-state index contributed by atoms with van der Waals surface area (Å²) in [6.07, 6.45) is 0. The highest BCUT2D eigenvalue weighted by Gasteiger charge is 1.88. The van der Waals surface area contributed by atoms with Crippen molar-refractivity contribution >= 4 is 29.5 Å². The molecule has 0 atom stereocenters. The summed E-state index contributed by atoms with van der Waals surface area (Å²) in [5.41, 5.74) is 0. The number of hydrogen-bond acceptors (Lipinski definition) is 1. The first-order chi connectivity index (χ1) is 2.77. The van der Waals surface area contributed by atoms with Crippen LogP contribution in [0.4, 0.5) is 0 Å². The third-order valence-corrected chi connectivity index (χ3v) is 0.766. The second-order valence-corrected chi connectivity index (χ2v) is 1.78. The van der Waals surface area contributed by atoms with Crippen molar-refractivity contribution in [1.29, 1.82) is 0 Å². The molecule has 0 amide bonds. The van der Waals surface area contributed by atoms with E-state index in [4.69, 9.17) is 5.02 Å². The van der Waals surface area contributed by atoms with Crippen LogP contribution in [0, 0.1) is 0 Å². The van der Waals surface area contributed by atoms with E-state index in [1.165, 1.54) is 0 Å². The first-order valence-electron chi connectivity index (χ1n) is 1.72. The van der Waals surface area contributed by atoms with Gasteiger partial charge in [-0.05, 0) is 4.08 Å². The van der Waals surface area contributed by atoms with E-state index < -0.39 is 0 Å². The molecular formula is C3H6BIO. The van der Waals surface area contributed by atoms with Gasteiger partial charge in [0.1, 0.15) is 0 Å². The quantitative estimate of drug-likeness (QED) is 0.491. The highest BCUT2D eigenvalue weighted by Crippen LogP contribution is 1.84. The maximum atomic E-state index is 8.46. The summed E-state index contributed by atoms with van der Waals surface area (Å²) in [6.45, 7) is 1.43. The molecule has 0 heterocycles. The first kappa shape index (κ1) is 6.49. The van der Waals surface area contributed by atoms with Crippen molar-refractivity contribution in [2.45, 2.75) is 6.82 Å². The van der Waals surface area contributed by atoms with Crippen LogP contribution in [0.2, 0.25) is 6.82 Å². The first-order valence-corrected chi connectivity index (χ1v) is 2.97. The van der Waals surface area contributed by atoms with E-state index in [2.05, 4.69) is 22.6 Å². The highest BCUT2D eigenvalue weighted by molar-refractivity contribution is 14.1. The molecule has 3 heteroatoms. The van der Waals surface area contributed by atoms with E-state index in [1.807, 2.05) is 0 Å². The molecule has 1 N–H and O–H groups in total. The summed E-state index contributed by atoms with van der Waals surface area (Å²) >= 11 is 2.06. The number of rotatable bonds is 1. The molecule has 0 aliphatic carbocycles. The Morgan fingerprint density at radius 3 is 2.33 bits per heavy atom. The van der Waals surface area contributed by atoms with Crippen LogP contribution in [0.15, 0.2) is 10.1 Å². The van der Waals surface area contributed by atoms with Crippen LogP contribution in [0.5, 0.6) is 0 Å². The van der Waals surface area contributed by atoms with Gasteiger partial charge in [0.2, 0.25) is 0 Å². The van der Waals surface area contributed by atoms with Crippen molar-refractivity contribution in [3.8, 4) is 0 Å². The molecule has 0 saturated carbocycles. The zero-order valence-electron chi connectivity index (χ0n) is 3.56. The van der Waals surface area contributed by atoms with Gasteiger partial charge in [-0.15, -0.1) is 0 Å². The van der Waals surface area contributed by atoms with Gasteiger partial charge in [-0.1, -0.05) is 35.4 Å². The van der Waals surface area contributed by atoms with Gasteiger partial charge < -0.3 is 5.02 Å². The molecule has 0 aromatic rings. The van der Waals surface area contributed by atoms with Crippen LogP contribution in [0.1, 0.15) is 0 Å². The Bertz CT molecular complexity index is 52.8. The van der Waals surface area contributed by atoms with E-state index in [-0.39, 0.29) is 6.92 Å². The zero-order valence-corrected chi connectivity index (χ0v) is 5.71. The molecule has 0 unspecified atom stereocenters. The van der Waals surface area contributed by atoms with Crippen molar-refractivity contribution in [3.05, 3.63) is 10.1 Å². The Hall–Kier alpha value is 0.495. The summed E-state index contributed by atoms with van der Waals surface area (Å²) in [7, 11) is 0. The monoisotopic (exact) mass is 196 g/mol. The van der Waals surface area contributed by atoms with Gasteiger partial charge in [-0.3, -0.25) is 0 Å². The molecule has 0 aromatic carbocycles. The Morgan fingerprint density at radius 2 is 2.33 bits per heavy atom. The second-order valence-electron chi connectivity index (χ2n) is 1.06.